The van der Waals surface area contributed by atoms with Crippen molar-refractivity contribution in [1.82, 2.24) is 9.97 Å². The molecule has 1 fully saturated rings. The molecular formula is C12H18BrN3O. The molecule has 2 rings (SSSR count). The third-order valence-electron chi connectivity index (χ3n) is 2.98. The Kier molecular flexibility index (Phi) is 3.68. The molecule has 5 heteroatoms. The Morgan fingerprint density at radius 1 is 1.53 bits per heavy atom. The minimum Gasteiger partial charge on any atom is -0.388 e. The number of nitrogens with zero attached hydrogens (tertiary/aromatic N) is 3. The summed E-state index contributed by atoms with van der Waals surface area (Å²) in [4.78, 5) is 11.0. The van der Waals surface area contributed by atoms with Crippen LogP contribution in [0.1, 0.15) is 32.5 Å². The average Bonchev–Trinajstić information content (AvgIpc) is 2.58. The van der Waals surface area contributed by atoms with E-state index in [9.17, 15) is 5.11 Å². The fraction of sp³-hybridized carbons (Fsp3) is 0.667. The molecule has 1 aliphatic heterocycles. The predicted molar refractivity (Wildman–Crippen MR) is 71.2 cm³/mol. The first-order chi connectivity index (χ1) is 8.00. The van der Waals surface area contributed by atoms with E-state index in [2.05, 4.69) is 37.7 Å². The van der Waals surface area contributed by atoms with Gasteiger partial charge in [0.2, 0.25) is 0 Å². The van der Waals surface area contributed by atoms with Crippen LogP contribution in [-0.2, 0) is 6.42 Å². The van der Waals surface area contributed by atoms with Gasteiger partial charge in [0.25, 0.3) is 0 Å². The lowest BCUT2D eigenvalue weighted by Gasteiger charge is -2.20. The highest BCUT2D eigenvalue weighted by Gasteiger charge is 2.32. The molecule has 17 heavy (non-hydrogen) atoms. The zero-order chi connectivity index (χ0) is 12.5. The lowest BCUT2D eigenvalue weighted by atomic mass is 10.1. The van der Waals surface area contributed by atoms with E-state index in [4.69, 9.17) is 0 Å². The minimum atomic E-state index is -0.595. The van der Waals surface area contributed by atoms with Crippen molar-refractivity contribution in [2.75, 3.05) is 18.0 Å². The van der Waals surface area contributed by atoms with E-state index < -0.39 is 5.60 Å². The van der Waals surface area contributed by atoms with Crippen LogP contribution in [0.3, 0.4) is 0 Å². The number of hydrogen-bond donors (Lipinski definition) is 1. The van der Waals surface area contributed by atoms with E-state index in [1.807, 2.05) is 13.0 Å². The van der Waals surface area contributed by atoms with Crippen LogP contribution in [0.2, 0.25) is 0 Å². The maximum absolute atomic E-state index is 9.97. The Labute approximate surface area is 110 Å². The standard InChI is InChI=1S/C12H18BrN3O/c1-3-4-10-14-9(13)7-11(15-10)16-6-5-12(2,17)8-16/h7,17H,3-6,8H2,1-2H3. The molecule has 0 bridgehead atoms. The molecule has 0 amide bonds. The van der Waals surface area contributed by atoms with Gasteiger partial charge in [0.05, 0.1) is 5.60 Å². The van der Waals surface area contributed by atoms with Gasteiger partial charge in [-0.1, -0.05) is 6.92 Å². The molecule has 0 saturated carbocycles. The van der Waals surface area contributed by atoms with Crippen molar-refractivity contribution in [3.8, 4) is 0 Å². The predicted octanol–water partition coefficient (Wildman–Crippen LogP) is 2.15. The molecule has 94 valence electrons. The summed E-state index contributed by atoms with van der Waals surface area (Å²) in [5, 5.41) is 9.97. The monoisotopic (exact) mass is 299 g/mol. The van der Waals surface area contributed by atoms with Crippen LogP contribution in [0.5, 0.6) is 0 Å². The van der Waals surface area contributed by atoms with Crippen molar-refractivity contribution in [2.24, 2.45) is 0 Å². The summed E-state index contributed by atoms with van der Waals surface area (Å²) >= 11 is 3.42. The second kappa shape index (κ2) is 4.90. The molecule has 1 atom stereocenters. The van der Waals surface area contributed by atoms with E-state index in [0.717, 1.165) is 42.1 Å². The Hall–Kier alpha value is -0.680. The van der Waals surface area contributed by atoms with Gasteiger partial charge in [-0.05, 0) is 35.7 Å². The van der Waals surface area contributed by atoms with E-state index in [-0.39, 0.29) is 0 Å². The number of anilines is 1. The van der Waals surface area contributed by atoms with Crippen LogP contribution >= 0.6 is 15.9 Å². The van der Waals surface area contributed by atoms with Crippen LogP contribution in [0.4, 0.5) is 5.82 Å². The van der Waals surface area contributed by atoms with Gasteiger partial charge in [0.15, 0.2) is 0 Å². The van der Waals surface area contributed by atoms with Gasteiger partial charge in [-0.25, -0.2) is 9.97 Å². The molecular weight excluding hydrogens is 282 g/mol. The van der Waals surface area contributed by atoms with Crippen LogP contribution in [0, 0.1) is 0 Å². The quantitative estimate of drug-likeness (QED) is 0.869. The fourth-order valence-corrected chi connectivity index (χ4v) is 2.50. The topological polar surface area (TPSA) is 49.2 Å². The largest absolute Gasteiger partial charge is 0.388 e. The molecule has 1 aliphatic rings. The molecule has 1 aromatic rings. The molecule has 1 unspecified atom stereocenters. The van der Waals surface area contributed by atoms with E-state index >= 15 is 0 Å². The van der Waals surface area contributed by atoms with Crippen LogP contribution in [-0.4, -0.2) is 33.8 Å². The Balaban J connectivity index is 2.21. The summed E-state index contributed by atoms with van der Waals surface area (Å²) in [6.07, 6.45) is 2.71. The van der Waals surface area contributed by atoms with Crippen molar-refractivity contribution >= 4 is 21.7 Å². The molecule has 0 aromatic carbocycles. The third-order valence-corrected chi connectivity index (χ3v) is 3.38. The molecule has 0 spiro atoms. The van der Waals surface area contributed by atoms with Crippen molar-refractivity contribution < 1.29 is 5.11 Å². The second-order valence-electron chi connectivity index (χ2n) is 4.88. The highest BCUT2D eigenvalue weighted by atomic mass is 79.9. The molecule has 1 aromatic heterocycles. The van der Waals surface area contributed by atoms with Gasteiger partial charge >= 0.3 is 0 Å². The molecule has 0 radical (unpaired) electrons. The Bertz CT molecular complexity index is 409. The number of hydrogen-bond acceptors (Lipinski definition) is 4. The van der Waals surface area contributed by atoms with Gasteiger partial charge in [0, 0.05) is 25.6 Å². The summed E-state index contributed by atoms with van der Waals surface area (Å²) in [6, 6.07) is 1.92. The normalized spacial score (nSPS) is 24.4. The summed E-state index contributed by atoms with van der Waals surface area (Å²) in [6.45, 7) is 5.48. The number of rotatable bonds is 3. The first-order valence-electron chi connectivity index (χ1n) is 6.01. The first kappa shape index (κ1) is 12.8. The van der Waals surface area contributed by atoms with Gasteiger partial charge in [-0.2, -0.15) is 0 Å². The van der Waals surface area contributed by atoms with Gasteiger partial charge in [-0.3, -0.25) is 0 Å². The number of β-amino-alcohol motifs (C(OH)–C–C–N with tert-alkyl or cyclic N) is 1. The Morgan fingerprint density at radius 2 is 2.29 bits per heavy atom. The SMILES string of the molecule is CCCc1nc(Br)cc(N2CCC(C)(O)C2)n1. The molecule has 1 N–H and O–H groups in total. The number of aryl methyl sites for hydroxylation is 1. The van der Waals surface area contributed by atoms with Gasteiger partial charge in [0.1, 0.15) is 16.2 Å². The zero-order valence-corrected chi connectivity index (χ0v) is 11.9. The average molecular weight is 300 g/mol. The zero-order valence-electron chi connectivity index (χ0n) is 10.3. The number of halogens is 1. The van der Waals surface area contributed by atoms with Crippen molar-refractivity contribution in [3.63, 3.8) is 0 Å². The maximum Gasteiger partial charge on any atom is 0.133 e. The van der Waals surface area contributed by atoms with Crippen molar-refractivity contribution in [3.05, 3.63) is 16.5 Å². The summed E-state index contributed by atoms with van der Waals surface area (Å²) in [7, 11) is 0. The molecule has 4 nitrogen and oxygen atoms in total. The third kappa shape index (κ3) is 3.16. The van der Waals surface area contributed by atoms with Crippen LogP contribution < -0.4 is 4.90 Å². The summed E-state index contributed by atoms with van der Waals surface area (Å²) in [5.74, 6) is 1.77. The number of aromatic nitrogens is 2. The molecule has 1 saturated heterocycles. The lowest BCUT2D eigenvalue weighted by molar-refractivity contribution is 0.0839. The van der Waals surface area contributed by atoms with E-state index in [1.54, 1.807) is 0 Å². The number of aliphatic hydroxyl groups is 1. The van der Waals surface area contributed by atoms with Crippen molar-refractivity contribution in [2.45, 2.75) is 38.7 Å². The summed E-state index contributed by atoms with van der Waals surface area (Å²) < 4.78 is 0.817. The maximum atomic E-state index is 9.97. The minimum absolute atomic E-state index is 0.595. The Morgan fingerprint density at radius 3 is 2.88 bits per heavy atom. The van der Waals surface area contributed by atoms with Crippen molar-refractivity contribution in [1.29, 1.82) is 0 Å². The van der Waals surface area contributed by atoms with Gasteiger partial charge < -0.3 is 10.0 Å². The van der Waals surface area contributed by atoms with Crippen LogP contribution in [0.25, 0.3) is 0 Å². The van der Waals surface area contributed by atoms with E-state index in [1.165, 1.54) is 0 Å². The highest BCUT2D eigenvalue weighted by molar-refractivity contribution is 9.10. The summed E-state index contributed by atoms with van der Waals surface area (Å²) in [5.41, 5.74) is -0.595. The van der Waals surface area contributed by atoms with Gasteiger partial charge in [-0.15, -0.1) is 0 Å². The lowest BCUT2D eigenvalue weighted by Crippen LogP contribution is -2.30. The molecule has 2 heterocycles. The fourth-order valence-electron chi connectivity index (χ4n) is 2.09. The van der Waals surface area contributed by atoms with E-state index in [0.29, 0.717) is 6.54 Å². The first-order valence-corrected chi connectivity index (χ1v) is 6.80. The smallest absolute Gasteiger partial charge is 0.133 e. The second-order valence-corrected chi connectivity index (χ2v) is 5.70. The molecule has 0 aliphatic carbocycles. The highest BCUT2D eigenvalue weighted by Crippen LogP contribution is 2.26. The van der Waals surface area contributed by atoms with Crippen LogP contribution in [0.15, 0.2) is 10.7 Å².